The quantitative estimate of drug-likeness (QED) is 0.369. The van der Waals surface area contributed by atoms with Gasteiger partial charge >= 0.3 is 6.03 Å². The molecule has 0 spiro atoms. The number of carbonyl (C=O) groups excluding carboxylic acids is 1. The highest BCUT2D eigenvalue weighted by atomic mass is 16.5. The van der Waals surface area contributed by atoms with Gasteiger partial charge < -0.3 is 19.5 Å². The second kappa shape index (κ2) is 11.7. The molecule has 0 unspecified atom stereocenters. The van der Waals surface area contributed by atoms with Crippen LogP contribution in [0.2, 0.25) is 0 Å². The summed E-state index contributed by atoms with van der Waals surface area (Å²) >= 11 is 0. The number of methoxy groups -OCH3 is 1. The van der Waals surface area contributed by atoms with Gasteiger partial charge in [-0.3, -0.25) is 0 Å². The summed E-state index contributed by atoms with van der Waals surface area (Å²) in [6.45, 7) is 0.814. The molecule has 2 N–H and O–H groups in total. The van der Waals surface area contributed by atoms with E-state index in [-0.39, 0.29) is 12.1 Å². The Bertz CT molecular complexity index is 835. The van der Waals surface area contributed by atoms with Gasteiger partial charge in [-0.1, -0.05) is 37.5 Å². The Labute approximate surface area is 177 Å². The van der Waals surface area contributed by atoms with Crippen molar-refractivity contribution in [2.24, 2.45) is 5.10 Å². The summed E-state index contributed by atoms with van der Waals surface area (Å²) < 4.78 is 16.6. The molecule has 0 aromatic heterocycles. The topological polar surface area (TPSA) is 81.2 Å². The van der Waals surface area contributed by atoms with Crippen molar-refractivity contribution in [3.8, 4) is 17.2 Å². The van der Waals surface area contributed by atoms with Gasteiger partial charge in [0.25, 0.3) is 0 Å². The first-order valence-corrected chi connectivity index (χ1v) is 10.3. The van der Waals surface area contributed by atoms with Gasteiger partial charge in [-0.15, -0.1) is 0 Å². The fraction of sp³-hybridized carbons (Fsp3) is 0.391. The third-order valence-corrected chi connectivity index (χ3v) is 4.84. The van der Waals surface area contributed by atoms with Gasteiger partial charge in [-0.2, -0.15) is 5.10 Å². The number of nitrogens with zero attached hydrogens (tertiary/aromatic N) is 1. The summed E-state index contributed by atoms with van der Waals surface area (Å²) in [5.74, 6) is 2.19. The minimum absolute atomic E-state index is 0.255. The first kappa shape index (κ1) is 21.5. The Hall–Kier alpha value is -3.22. The van der Waals surface area contributed by atoms with E-state index in [9.17, 15) is 4.79 Å². The van der Waals surface area contributed by atoms with Crippen molar-refractivity contribution in [2.75, 3.05) is 20.3 Å². The van der Waals surface area contributed by atoms with Crippen LogP contribution in [-0.2, 0) is 0 Å². The Morgan fingerprint density at radius 1 is 1.00 bits per heavy atom. The van der Waals surface area contributed by atoms with E-state index in [2.05, 4.69) is 15.8 Å². The fourth-order valence-corrected chi connectivity index (χ4v) is 3.32. The lowest BCUT2D eigenvalue weighted by Crippen LogP contribution is -2.41. The molecule has 1 saturated carbocycles. The first-order valence-electron chi connectivity index (χ1n) is 10.3. The van der Waals surface area contributed by atoms with Crippen molar-refractivity contribution < 1.29 is 19.0 Å². The van der Waals surface area contributed by atoms with Gasteiger partial charge in [0, 0.05) is 12.1 Å². The molecule has 0 radical (unpaired) electrons. The zero-order valence-corrected chi connectivity index (χ0v) is 17.3. The number of nitrogens with one attached hydrogen (secondary N) is 2. The lowest BCUT2D eigenvalue weighted by atomic mass is 9.96. The van der Waals surface area contributed by atoms with E-state index < -0.39 is 0 Å². The molecule has 3 rings (SSSR count). The van der Waals surface area contributed by atoms with E-state index >= 15 is 0 Å². The minimum atomic E-state index is -0.264. The van der Waals surface area contributed by atoms with Crippen molar-refractivity contribution in [2.45, 2.75) is 38.1 Å². The number of urea groups is 1. The van der Waals surface area contributed by atoms with E-state index in [0.717, 1.165) is 29.9 Å². The maximum atomic E-state index is 11.9. The van der Waals surface area contributed by atoms with Crippen LogP contribution in [0.3, 0.4) is 0 Å². The normalized spacial score (nSPS) is 14.3. The van der Waals surface area contributed by atoms with Crippen LogP contribution in [0.1, 0.15) is 37.7 Å². The molecule has 0 aliphatic heterocycles. The average molecular weight is 412 g/mol. The molecular weight excluding hydrogens is 382 g/mol. The van der Waals surface area contributed by atoms with E-state index in [1.165, 1.54) is 19.3 Å². The number of hydrogen-bond donors (Lipinski definition) is 2. The number of carbonyl (C=O) groups is 1. The SMILES string of the molecule is COc1cccc(OCCOc2cccc(C=NNC(=O)NC3CCCCC3)c2)c1. The molecule has 0 bridgehead atoms. The third kappa shape index (κ3) is 7.31. The largest absolute Gasteiger partial charge is 0.497 e. The summed E-state index contributed by atoms with van der Waals surface area (Å²) in [5.41, 5.74) is 3.36. The van der Waals surface area contributed by atoms with Gasteiger partial charge in [0.1, 0.15) is 30.5 Å². The number of hydrazone groups is 1. The first-order chi connectivity index (χ1) is 14.7. The molecule has 7 heteroatoms. The van der Waals surface area contributed by atoms with Crippen LogP contribution in [0.5, 0.6) is 17.2 Å². The highest BCUT2D eigenvalue weighted by Gasteiger charge is 2.14. The van der Waals surface area contributed by atoms with Crippen molar-refractivity contribution in [1.82, 2.24) is 10.7 Å². The molecule has 7 nitrogen and oxygen atoms in total. The van der Waals surface area contributed by atoms with Crippen LogP contribution >= 0.6 is 0 Å². The van der Waals surface area contributed by atoms with Crippen molar-refractivity contribution in [1.29, 1.82) is 0 Å². The molecule has 1 aliphatic carbocycles. The van der Waals surface area contributed by atoms with Gasteiger partial charge in [0.2, 0.25) is 0 Å². The highest BCUT2D eigenvalue weighted by Crippen LogP contribution is 2.19. The van der Waals surface area contributed by atoms with Crippen LogP contribution in [0.15, 0.2) is 53.6 Å². The monoisotopic (exact) mass is 411 g/mol. The van der Waals surface area contributed by atoms with E-state index in [4.69, 9.17) is 14.2 Å². The molecule has 2 amide bonds. The lowest BCUT2D eigenvalue weighted by molar-refractivity contribution is 0.216. The van der Waals surface area contributed by atoms with Crippen LogP contribution in [0, 0.1) is 0 Å². The summed E-state index contributed by atoms with van der Waals surface area (Å²) in [5, 5.41) is 6.98. The Balaban J connectivity index is 1.39. The Kier molecular flexibility index (Phi) is 8.38. The average Bonchev–Trinajstić information content (AvgIpc) is 2.78. The van der Waals surface area contributed by atoms with E-state index in [1.54, 1.807) is 13.3 Å². The Morgan fingerprint density at radius 2 is 1.67 bits per heavy atom. The summed E-state index contributed by atoms with van der Waals surface area (Å²) in [7, 11) is 1.62. The molecule has 0 saturated heterocycles. The predicted molar refractivity (Wildman–Crippen MR) is 117 cm³/mol. The van der Waals surface area contributed by atoms with Crippen molar-refractivity contribution in [3.63, 3.8) is 0 Å². The molecule has 1 fully saturated rings. The second-order valence-electron chi connectivity index (χ2n) is 7.13. The van der Waals surface area contributed by atoms with Gasteiger partial charge in [0.15, 0.2) is 0 Å². The molecule has 30 heavy (non-hydrogen) atoms. The minimum Gasteiger partial charge on any atom is -0.497 e. The number of hydrogen-bond acceptors (Lipinski definition) is 5. The number of benzene rings is 2. The van der Waals surface area contributed by atoms with Gasteiger partial charge in [-0.25, -0.2) is 10.2 Å². The number of amides is 2. The molecule has 160 valence electrons. The van der Waals surface area contributed by atoms with Crippen LogP contribution in [-0.4, -0.2) is 38.6 Å². The van der Waals surface area contributed by atoms with Gasteiger partial charge in [0.05, 0.1) is 13.3 Å². The zero-order chi connectivity index (χ0) is 21.0. The predicted octanol–water partition coefficient (Wildman–Crippen LogP) is 4.12. The zero-order valence-electron chi connectivity index (χ0n) is 17.3. The molecular formula is C23H29N3O4. The van der Waals surface area contributed by atoms with E-state index in [1.807, 2.05) is 48.5 Å². The standard InChI is InChI=1S/C23H29N3O4/c1-28-20-10-6-12-22(16-20)30-14-13-29-21-11-5-7-18(15-21)17-24-26-23(27)25-19-8-3-2-4-9-19/h5-7,10-12,15-17,19H,2-4,8-9,13-14H2,1H3,(H2,25,26,27). The smallest absolute Gasteiger partial charge is 0.335 e. The molecule has 2 aromatic carbocycles. The summed E-state index contributed by atoms with van der Waals surface area (Å²) in [4.78, 5) is 11.9. The summed E-state index contributed by atoms with van der Waals surface area (Å²) in [6.07, 6.45) is 7.27. The summed E-state index contributed by atoms with van der Waals surface area (Å²) in [6, 6.07) is 14.9. The lowest BCUT2D eigenvalue weighted by Gasteiger charge is -2.22. The fourth-order valence-electron chi connectivity index (χ4n) is 3.32. The van der Waals surface area contributed by atoms with Crippen LogP contribution < -0.4 is 25.0 Å². The molecule has 2 aromatic rings. The number of ether oxygens (including phenoxy) is 3. The van der Waals surface area contributed by atoms with Crippen LogP contribution in [0.25, 0.3) is 0 Å². The van der Waals surface area contributed by atoms with Gasteiger partial charge in [-0.05, 0) is 42.7 Å². The second-order valence-corrected chi connectivity index (χ2v) is 7.13. The van der Waals surface area contributed by atoms with Crippen molar-refractivity contribution >= 4 is 12.2 Å². The Morgan fingerprint density at radius 3 is 2.40 bits per heavy atom. The molecule has 1 aliphatic rings. The maximum Gasteiger partial charge on any atom is 0.335 e. The molecule has 0 heterocycles. The number of rotatable bonds is 9. The van der Waals surface area contributed by atoms with Crippen molar-refractivity contribution in [3.05, 3.63) is 54.1 Å². The van der Waals surface area contributed by atoms with Crippen LogP contribution in [0.4, 0.5) is 4.79 Å². The van der Waals surface area contributed by atoms with E-state index in [0.29, 0.717) is 19.0 Å². The maximum absolute atomic E-state index is 11.9. The third-order valence-electron chi connectivity index (χ3n) is 4.84. The molecule has 0 atom stereocenters. The highest BCUT2D eigenvalue weighted by molar-refractivity contribution is 5.82.